The molecule has 0 radical (unpaired) electrons. The molecule has 0 fully saturated rings. The summed E-state index contributed by atoms with van der Waals surface area (Å²) in [7, 11) is 1.76. The normalized spacial score (nSPS) is 12.5. The number of halogens is 2. The highest BCUT2D eigenvalue weighted by atomic mass is 19.1. The number of aldehydes is 1. The summed E-state index contributed by atoms with van der Waals surface area (Å²) in [4.78, 5) is 12.9. The summed E-state index contributed by atoms with van der Waals surface area (Å²) in [6.45, 7) is 2.21. The third-order valence-corrected chi connectivity index (χ3v) is 3.69. The molecular formula is C18H21F2N3O. The van der Waals surface area contributed by atoms with E-state index in [1.54, 1.807) is 36.4 Å². The smallest absolute Gasteiger partial charge is 0.150 e. The van der Waals surface area contributed by atoms with Crippen molar-refractivity contribution < 1.29 is 13.6 Å². The minimum atomic E-state index is -0.899. The first kappa shape index (κ1) is 17.8. The number of hydrogen-bond acceptors (Lipinski definition) is 3. The van der Waals surface area contributed by atoms with Crippen LogP contribution in [-0.2, 0) is 0 Å². The first-order valence-electron chi connectivity index (χ1n) is 7.86. The molecule has 0 aliphatic heterocycles. The fourth-order valence-electron chi connectivity index (χ4n) is 2.45. The second-order valence-electron chi connectivity index (χ2n) is 5.69. The van der Waals surface area contributed by atoms with Gasteiger partial charge in [0.1, 0.15) is 12.0 Å². The molecule has 2 aromatic rings. The molecule has 1 aromatic heterocycles. The molecule has 1 aromatic carbocycles. The standard InChI is InChI=1S/C18H21F2N3O/c1-3-4-15(19)11-23(2)8-6-13-9-16(18-5-7-21-22-18)17(20)10-14(13)12-24/h5-10,12,15H,3-4,11H2,1-2H3,(H,21,22)/b8-6-. The summed E-state index contributed by atoms with van der Waals surface area (Å²) in [5.41, 5.74) is 1.66. The Labute approximate surface area is 140 Å². The van der Waals surface area contributed by atoms with Gasteiger partial charge < -0.3 is 4.90 Å². The van der Waals surface area contributed by atoms with E-state index in [9.17, 15) is 13.6 Å². The van der Waals surface area contributed by atoms with Crippen LogP contribution in [0.4, 0.5) is 8.78 Å². The van der Waals surface area contributed by atoms with Gasteiger partial charge in [-0.25, -0.2) is 8.78 Å². The predicted octanol–water partition coefficient (Wildman–Crippen LogP) is 4.07. The van der Waals surface area contributed by atoms with Crippen LogP contribution in [0.15, 0.2) is 30.6 Å². The highest BCUT2D eigenvalue weighted by Crippen LogP contribution is 2.25. The molecule has 0 amide bonds. The Morgan fingerprint density at radius 1 is 1.38 bits per heavy atom. The van der Waals surface area contributed by atoms with Crippen LogP contribution in [0.3, 0.4) is 0 Å². The van der Waals surface area contributed by atoms with E-state index in [1.165, 1.54) is 12.3 Å². The molecule has 4 nitrogen and oxygen atoms in total. The minimum Gasteiger partial charge on any atom is -0.377 e. The van der Waals surface area contributed by atoms with Crippen molar-refractivity contribution in [3.05, 3.63) is 47.5 Å². The van der Waals surface area contributed by atoms with Crippen molar-refractivity contribution >= 4 is 12.4 Å². The van der Waals surface area contributed by atoms with Crippen molar-refractivity contribution in [2.75, 3.05) is 13.6 Å². The summed E-state index contributed by atoms with van der Waals surface area (Å²) >= 11 is 0. The lowest BCUT2D eigenvalue weighted by Gasteiger charge is -2.17. The molecule has 0 saturated carbocycles. The van der Waals surface area contributed by atoms with E-state index < -0.39 is 12.0 Å². The van der Waals surface area contributed by atoms with Crippen molar-refractivity contribution in [3.63, 3.8) is 0 Å². The SMILES string of the molecule is CCCC(F)CN(C)/C=C\c1cc(-c2ccn[nH]2)c(F)cc1C=O. The van der Waals surface area contributed by atoms with Gasteiger partial charge in [-0.05, 0) is 42.5 Å². The van der Waals surface area contributed by atoms with Gasteiger partial charge in [-0.15, -0.1) is 0 Å². The molecular weight excluding hydrogens is 312 g/mol. The van der Waals surface area contributed by atoms with Gasteiger partial charge in [-0.2, -0.15) is 5.10 Å². The van der Waals surface area contributed by atoms with E-state index in [4.69, 9.17) is 0 Å². The molecule has 1 heterocycles. The van der Waals surface area contributed by atoms with Crippen LogP contribution in [0, 0.1) is 5.82 Å². The number of aromatic nitrogens is 2. The quantitative estimate of drug-likeness (QED) is 0.741. The second-order valence-corrected chi connectivity index (χ2v) is 5.69. The Morgan fingerprint density at radius 2 is 2.17 bits per heavy atom. The molecule has 6 heteroatoms. The molecule has 0 aliphatic rings. The fraction of sp³-hybridized carbons (Fsp3) is 0.333. The van der Waals surface area contributed by atoms with Gasteiger partial charge >= 0.3 is 0 Å². The van der Waals surface area contributed by atoms with Gasteiger partial charge in [0.15, 0.2) is 6.29 Å². The third-order valence-electron chi connectivity index (χ3n) is 3.69. The molecule has 1 N–H and O–H groups in total. The zero-order valence-corrected chi connectivity index (χ0v) is 13.8. The van der Waals surface area contributed by atoms with E-state index in [1.807, 2.05) is 6.92 Å². The number of nitrogens with one attached hydrogen (secondary N) is 1. The van der Waals surface area contributed by atoms with Crippen LogP contribution in [0.5, 0.6) is 0 Å². The maximum absolute atomic E-state index is 14.1. The summed E-state index contributed by atoms with van der Waals surface area (Å²) < 4.78 is 27.8. The number of carbonyl (C=O) groups excluding carboxylic acids is 1. The molecule has 128 valence electrons. The van der Waals surface area contributed by atoms with Crippen molar-refractivity contribution in [2.24, 2.45) is 0 Å². The Morgan fingerprint density at radius 3 is 2.79 bits per heavy atom. The highest BCUT2D eigenvalue weighted by molar-refractivity contribution is 5.84. The van der Waals surface area contributed by atoms with Crippen LogP contribution in [0.2, 0.25) is 0 Å². The van der Waals surface area contributed by atoms with Crippen molar-refractivity contribution in [2.45, 2.75) is 25.9 Å². The van der Waals surface area contributed by atoms with Crippen molar-refractivity contribution in [3.8, 4) is 11.3 Å². The third kappa shape index (κ3) is 4.50. The zero-order chi connectivity index (χ0) is 17.5. The molecule has 1 unspecified atom stereocenters. The van der Waals surface area contributed by atoms with Gasteiger partial charge in [0.05, 0.1) is 5.69 Å². The number of H-pyrrole nitrogens is 1. The van der Waals surface area contributed by atoms with E-state index in [2.05, 4.69) is 10.2 Å². The fourth-order valence-corrected chi connectivity index (χ4v) is 2.45. The summed E-state index contributed by atoms with van der Waals surface area (Å²) in [6, 6.07) is 4.42. The van der Waals surface area contributed by atoms with E-state index in [-0.39, 0.29) is 12.1 Å². The van der Waals surface area contributed by atoms with Gasteiger partial charge in [-0.1, -0.05) is 13.3 Å². The lowest BCUT2D eigenvalue weighted by Crippen LogP contribution is -2.21. The molecule has 24 heavy (non-hydrogen) atoms. The summed E-state index contributed by atoms with van der Waals surface area (Å²) in [5, 5.41) is 6.51. The average molecular weight is 333 g/mol. The Bertz CT molecular complexity index is 699. The minimum absolute atomic E-state index is 0.241. The number of carbonyl (C=O) groups is 1. The maximum atomic E-state index is 14.1. The lowest BCUT2D eigenvalue weighted by molar-refractivity contribution is 0.112. The second kappa shape index (κ2) is 8.38. The van der Waals surface area contributed by atoms with Gasteiger partial charge in [-0.3, -0.25) is 9.89 Å². The Hall–Kier alpha value is -2.50. The Balaban J connectivity index is 2.23. The monoisotopic (exact) mass is 333 g/mol. The van der Waals surface area contributed by atoms with Crippen LogP contribution in [0.1, 0.15) is 35.7 Å². The summed E-state index contributed by atoms with van der Waals surface area (Å²) in [6.07, 6.45) is 5.91. The number of rotatable bonds is 8. The highest BCUT2D eigenvalue weighted by Gasteiger charge is 2.11. The predicted molar refractivity (Wildman–Crippen MR) is 90.8 cm³/mol. The molecule has 2 rings (SSSR count). The number of nitrogens with zero attached hydrogens (tertiary/aromatic N) is 2. The maximum Gasteiger partial charge on any atom is 0.150 e. The Kier molecular flexibility index (Phi) is 6.23. The summed E-state index contributed by atoms with van der Waals surface area (Å²) in [5.74, 6) is -0.501. The van der Waals surface area contributed by atoms with Crippen LogP contribution in [-0.4, -0.2) is 41.1 Å². The number of alkyl halides is 1. The first-order chi connectivity index (χ1) is 11.5. The number of aromatic amines is 1. The first-order valence-corrected chi connectivity index (χ1v) is 7.86. The lowest BCUT2D eigenvalue weighted by atomic mass is 10.0. The van der Waals surface area contributed by atoms with Gasteiger partial charge in [0.25, 0.3) is 0 Å². The van der Waals surface area contributed by atoms with E-state index >= 15 is 0 Å². The largest absolute Gasteiger partial charge is 0.377 e. The number of hydrogen-bond donors (Lipinski definition) is 1. The van der Waals surface area contributed by atoms with Crippen LogP contribution >= 0.6 is 0 Å². The molecule has 0 spiro atoms. The average Bonchev–Trinajstić information content (AvgIpc) is 3.07. The van der Waals surface area contributed by atoms with Gasteiger partial charge in [0.2, 0.25) is 0 Å². The zero-order valence-electron chi connectivity index (χ0n) is 13.8. The van der Waals surface area contributed by atoms with Crippen molar-refractivity contribution in [1.82, 2.24) is 15.1 Å². The van der Waals surface area contributed by atoms with E-state index in [0.29, 0.717) is 29.5 Å². The van der Waals surface area contributed by atoms with E-state index in [0.717, 1.165) is 6.42 Å². The van der Waals surface area contributed by atoms with Crippen LogP contribution < -0.4 is 0 Å². The number of benzene rings is 1. The molecule has 1 atom stereocenters. The molecule has 0 aliphatic carbocycles. The van der Waals surface area contributed by atoms with Crippen LogP contribution in [0.25, 0.3) is 17.3 Å². The van der Waals surface area contributed by atoms with Crippen molar-refractivity contribution in [1.29, 1.82) is 0 Å². The topological polar surface area (TPSA) is 49.0 Å². The molecule has 0 bridgehead atoms. The van der Waals surface area contributed by atoms with Gasteiger partial charge in [0, 0.05) is 30.9 Å². The molecule has 0 saturated heterocycles.